The number of hydrogen-bond acceptors (Lipinski definition) is 5. The van der Waals surface area contributed by atoms with Crippen molar-refractivity contribution in [2.75, 3.05) is 15.9 Å². The monoisotopic (exact) mass is 444 g/mol. The molecule has 9 heteroatoms. The van der Waals surface area contributed by atoms with Crippen LogP contribution < -0.4 is 14.9 Å². The second-order valence-corrected chi connectivity index (χ2v) is 10.3. The van der Waals surface area contributed by atoms with E-state index in [4.69, 9.17) is 12.2 Å². The summed E-state index contributed by atoms with van der Waals surface area (Å²) in [6, 6.07) is 17.2. The minimum Gasteiger partial charge on any atom is -0.351 e. The van der Waals surface area contributed by atoms with Gasteiger partial charge in [0.15, 0.2) is 5.11 Å². The Bertz CT molecular complexity index is 1130. The smallest absolute Gasteiger partial charge is 0.229 e. The van der Waals surface area contributed by atoms with Crippen LogP contribution in [0.5, 0.6) is 0 Å². The minimum atomic E-state index is -3.32. The lowest BCUT2D eigenvalue weighted by Gasteiger charge is -2.27. The van der Waals surface area contributed by atoms with Gasteiger partial charge in [0.05, 0.1) is 24.0 Å². The molecule has 0 aliphatic carbocycles. The first-order valence-electron chi connectivity index (χ1n) is 8.97. The Labute approximate surface area is 179 Å². The summed E-state index contributed by atoms with van der Waals surface area (Å²) in [5.41, 5.74) is 2.32. The highest BCUT2D eigenvalue weighted by molar-refractivity contribution is 7.92. The summed E-state index contributed by atoms with van der Waals surface area (Å²) in [4.78, 5) is 9.02. The number of nitrogens with one attached hydrogen (secondary N) is 2. The van der Waals surface area contributed by atoms with E-state index in [1.165, 1.54) is 9.75 Å². The van der Waals surface area contributed by atoms with Gasteiger partial charge in [-0.05, 0) is 67.7 Å². The molecule has 3 heterocycles. The van der Waals surface area contributed by atoms with Crippen LogP contribution in [0.4, 0.5) is 11.4 Å². The van der Waals surface area contributed by atoms with E-state index in [1.54, 1.807) is 29.7 Å². The highest BCUT2D eigenvalue weighted by atomic mass is 32.2. The molecule has 0 amide bonds. The molecule has 0 unspecified atom stereocenters. The Balaban J connectivity index is 1.73. The fraction of sp³-hybridized carbons (Fsp3) is 0.200. The van der Waals surface area contributed by atoms with Crippen molar-refractivity contribution >= 4 is 50.1 Å². The Morgan fingerprint density at radius 1 is 1.14 bits per heavy atom. The molecule has 1 aliphatic rings. The number of benzene rings is 1. The molecule has 0 saturated carbocycles. The van der Waals surface area contributed by atoms with E-state index in [1.807, 2.05) is 30.3 Å². The standard InChI is InChI=1S/C20H20N4O2S3/c1-13-6-11-17(28-13)19-18(16-5-3-4-12-21-16)22-20(27)24(19)15-9-7-14(8-10-15)23-29(2,25)26/h3-12,18-19,23H,1-2H3,(H,22,27)/t18-,19-/m0/s1. The van der Waals surface area contributed by atoms with E-state index in [0.717, 1.165) is 17.6 Å². The van der Waals surface area contributed by atoms with Crippen LogP contribution in [0.25, 0.3) is 0 Å². The number of aryl methyl sites for hydroxylation is 1. The Morgan fingerprint density at radius 3 is 2.48 bits per heavy atom. The minimum absolute atomic E-state index is 0.0511. The van der Waals surface area contributed by atoms with Crippen LogP contribution in [0, 0.1) is 6.92 Å². The number of nitrogens with zero attached hydrogens (tertiary/aromatic N) is 2. The van der Waals surface area contributed by atoms with Gasteiger partial charge in [0.1, 0.15) is 0 Å². The maximum Gasteiger partial charge on any atom is 0.229 e. The van der Waals surface area contributed by atoms with Gasteiger partial charge in [-0.2, -0.15) is 0 Å². The lowest BCUT2D eigenvalue weighted by molar-refractivity contribution is 0.575. The van der Waals surface area contributed by atoms with E-state index in [0.29, 0.717) is 10.8 Å². The summed E-state index contributed by atoms with van der Waals surface area (Å²) < 4.78 is 25.4. The predicted octanol–water partition coefficient (Wildman–Crippen LogP) is 4.00. The number of pyridine rings is 1. The molecule has 2 aromatic heterocycles. The zero-order chi connectivity index (χ0) is 20.6. The molecule has 6 nitrogen and oxygen atoms in total. The third-order valence-electron chi connectivity index (χ3n) is 4.60. The fourth-order valence-corrected chi connectivity index (χ4v) is 5.35. The maximum atomic E-state index is 11.5. The van der Waals surface area contributed by atoms with Crippen LogP contribution in [0.15, 0.2) is 60.8 Å². The van der Waals surface area contributed by atoms with Crippen molar-refractivity contribution in [1.82, 2.24) is 10.3 Å². The molecule has 150 valence electrons. The first-order chi connectivity index (χ1) is 13.8. The average molecular weight is 445 g/mol. The molecule has 0 spiro atoms. The first kappa shape index (κ1) is 19.8. The highest BCUT2D eigenvalue weighted by Gasteiger charge is 2.41. The summed E-state index contributed by atoms with van der Waals surface area (Å²) in [7, 11) is -3.32. The molecule has 1 saturated heterocycles. The number of hydrogen-bond donors (Lipinski definition) is 2. The summed E-state index contributed by atoms with van der Waals surface area (Å²) >= 11 is 7.42. The summed E-state index contributed by atoms with van der Waals surface area (Å²) in [5, 5.41) is 4.03. The third-order valence-corrected chi connectivity index (χ3v) is 6.59. The van der Waals surface area contributed by atoms with Crippen molar-refractivity contribution in [1.29, 1.82) is 0 Å². The average Bonchev–Trinajstić information content (AvgIpc) is 3.25. The topological polar surface area (TPSA) is 74.3 Å². The van der Waals surface area contributed by atoms with E-state index in [9.17, 15) is 8.42 Å². The van der Waals surface area contributed by atoms with E-state index in [2.05, 4.69) is 39.0 Å². The van der Waals surface area contributed by atoms with Gasteiger partial charge in [0.2, 0.25) is 10.0 Å². The maximum absolute atomic E-state index is 11.5. The molecule has 1 fully saturated rings. The Kier molecular flexibility index (Phi) is 5.28. The van der Waals surface area contributed by atoms with Crippen molar-refractivity contribution in [3.05, 3.63) is 76.2 Å². The van der Waals surface area contributed by atoms with E-state index < -0.39 is 10.0 Å². The van der Waals surface area contributed by atoms with Crippen LogP contribution in [0.1, 0.15) is 27.5 Å². The van der Waals surface area contributed by atoms with Crippen LogP contribution in [-0.4, -0.2) is 24.8 Å². The zero-order valence-corrected chi connectivity index (χ0v) is 18.3. The molecule has 1 aromatic carbocycles. The first-order valence-corrected chi connectivity index (χ1v) is 12.1. The van der Waals surface area contributed by atoms with Gasteiger partial charge in [0, 0.05) is 27.3 Å². The van der Waals surface area contributed by atoms with E-state index in [-0.39, 0.29) is 12.1 Å². The van der Waals surface area contributed by atoms with Crippen molar-refractivity contribution in [3.8, 4) is 0 Å². The molecule has 2 atom stereocenters. The molecule has 2 N–H and O–H groups in total. The van der Waals surface area contributed by atoms with Gasteiger partial charge in [-0.3, -0.25) is 9.71 Å². The van der Waals surface area contributed by atoms with Gasteiger partial charge in [0.25, 0.3) is 0 Å². The SMILES string of the molecule is Cc1ccc([C@H]2[C@H](c3ccccn3)NC(=S)N2c2ccc(NS(C)(=O)=O)cc2)s1. The number of sulfonamides is 1. The highest BCUT2D eigenvalue weighted by Crippen LogP contribution is 2.43. The lowest BCUT2D eigenvalue weighted by atomic mass is 10.0. The number of anilines is 2. The van der Waals surface area contributed by atoms with Gasteiger partial charge in [-0.15, -0.1) is 11.3 Å². The largest absolute Gasteiger partial charge is 0.351 e. The summed E-state index contributed by atoms with van der Waals surface area (Å²) in [6.45, 7) is 2.08. The van der Waals surface area contributed by atoms with Gasteiger partial charge in [-0.1, -0.05) is 6.07 Å². The van der Waals surface area contributed by atoms with Gasteiger partial charge >= 0.3 is 0 Å². The van der Waals surface area contributed by atoms with Crippen LogP contribution >= 0.6 is 23.6 Å². The second kappa shape index (κ2) is 7.74. The van der Waals surface area contributed by atoms with Gasteiger partial charge < -0.3 is 10.2 Å². The molecule has 29 heavy (non-hydrogen) atoms. The number of thiophene rings is 1. The molecule has 0 radical (unpaired) electrons. The quantitative estimate of drug-likeness (QED) is 0.580. The number of aromatic nitrogens is 1. The lowest BCUT2D eigenvalue weighted by Crippen LogP contribution is -2.29. The molecular weight excluding hydrogens is 424 g/mol. The summed E-state index contributed by atoms with van der Waals surface area (Å²) in [5.74, 6) is 0. The third kappa shape index (κ3) is 4.26. The fourth-order valence-electron chi connectivity index (χ4n) is 3.44. The van der Waals surface area contributed by atoms with E-state index >= 15 is 0 Å². The van der Waals surface area contributed by atoms with Gasteiger partial charge in [-0.25, -0.2) is 8.42 Å². The van der Waals surface area contributed by atoms with Crippen molar-refractivity contribution in [2.24, 2.45) is 0 Å². The van der Waals surface area contributed by atoms with Crippen LogP contribution in [-0.2, 0) is 10.0 Å². The Morgan fingerprint density at radius 2 is 1.90 bits per heavy atom. The van der Waals surface area contributed by atoms with Crippen molar-refractivity contribution in [2.45, 2.75) is 19.0 Å². The summed E-state index contributed by atoms with van der Waals surface area (Å²) in [6.07, 6.45) is 2.91. The number of thiocarbonyl (C=S) groups is 1. The molecule has 3 aromatic rings. The van der Waals surface area contributed by atoms with Crippen LogP contribution in [0.2, 0.25) is 0 Å². The van der Waals surface area contributed by atoms with Crippen molar-refractivity contribution in [3.63, 3.8) is 0 Å². The van der Waals surface area contributed by atoms with Crippen molar-refractivity contribution < 1.29 is 8.42 Å². The molecule has 4 rings (SSSR count). The zero-order valence-electron chi connectivity index (χ0n) is 15.9. The molecular formula is C20H20N4O2S3. The second-order valence-electron chi connectivity index (χ2n) is 6.87. The Hall–Kier alpha value is -2.49. The molecule has 1 aliphatic heterocycles. The molecule has 0 bridgehead atoms. The number of rotatable bonds is 5. The predicted molar refractivity (Wildman–Crippen MR) is 122 cm³/mol. The van der Waals surface area contributed by atoms with Crippen LogP contribution in [0.3, 0.4) is 0 Å². The normalized spacial score (nSPS) is 19.2.